The van der Waals surface area contributed by atoms with Crippen LogP contribution in [0.15, 0.2) is 0 Å². The number of urea groups is 1. The van der Waals surface area contributed by atoms with Crippen LogP contribution < -0.4 is 10.6 Å². The molecule has 0 radical (unpaired) electrons. The van der Waals surface area contributed by atoms with E-state index in [9.17, 15) is 9.59 Å². The predicted octanol–water partition coefficient (Wildman–Crippen LogP) is -0.216. The van der Waals surface area contributed by atoms with Gasteiger partial charge < -0.3 is 10.6 Å². The van der Waals surface area contributed by atoms with Gasteiger partial charge in [-0.2, -0.15) is 0 Å². The molecule has 0 atom stereocenters. The maximum atomic E-state index is 11.2. The molecule has 0 aromatic rings. The Morgan fingerprint density at radius 3 is 2.71 bits per heavy atom. The normalized spacial score (nSPS) is 17.5. The van der Waals surface area contributed by atoms with Gasteiger partial charge in [-0.25, -0.2) is 4.79 Å². The van der Waals surface area contributed by atoms with E-state index in [0.29, 0.717) is 18.9 Å². The fourth-order valence-electron chi connectivity index (χ4n) is 1.66. The van der Waals surface area contributed by atoms with Crippen molar-refractivity contribution in [2.75, 3.05) is 26.7 Å². The van der Waals surface area contributed by atoms with Crippen LogP contribution in [-0.2, 0) is 4.79 Å². The smallest absolute Gasteiger partial charge is 0.323 e. The SMILES string of the molecule is CNC(=O)N(C=O)CC1CCNCC1. The molecule has 80 valence electrons. The molecule has 0 aromatic carbocycles. The van der Waals surface area contributed by atoms with E-state index in [1.807, 2.05) is 0 Å². The van der Waals surface area contributed by atoms with E-state index in [0.717, 1.165) is 25.9 Å². The van der Waals surface area contributed by atoms with Crippen molar-refractivity contribution in [1.29, 1.82) is 0 Å². The lowest BCUT2D eigenvalue weighted by Gasteiger charge is -2.26. The Morgan fingerprint density at radius 2 is 2.21 bits per heavy atom. The number of hydrogen-bond donors (Lipinski definition) is 2. The van der Waals surface area contributed by atoms with Crippen molar-refractivity contribution in [1.82, 2.24) is 15.5 Å². The molecule has 0 aromatic heterocycles. The molecule has 1 heterocycles. The van der Waals surface area contributed by atoms with Crippen molar-refractivity contribution in [2.45, 2.75) is 12.8 Å². The van der Waals surface area contributed by atoms with Gasteiger partial charge in [-0.1, -0.05) is 0 Å². The Kier molecular flexibility index (Phi) is 4.39. The minimum atomic E-state index is -0.321. The van der Waals surface area contributed by atoms with Gasteiger partial charge in [0.15, 0.2) is 0 Å². The summed E-state index contributed by atoms with van der Waals surface area (Å²) in [7, 11) is 1.53. The van der Waals surface area contributed by atoms with Crippen molar-refractivity contribution >= 4 is 12.4 Å². The number of carbonyl (C=O) groups is 2. The molecule has 0 bridgehead atoms. The minimum Gasteiger partial charge on any atom is -0.341 e. The van der Waals surface area contributed by atoms with E-state index in [1.54, 1.807) is 0 Å². The van der Waals surface area contributed by atoms with Crippen LogP contribution in [0.3, 0.4) is 0 Å². The summed E-state index contributed by atoms with van der Waals surface area (Å²) in [6, 6.07) is -0.321. The molecule has 1 aliphatic heterocycles. The van der Waals surface area contributed by atoms with E-state index >= 15 is 0 Å². The molecule has 5 heteroatoms. The van der Waals surface area contributed by atoms with Gasteiger partial charge >= 0.3 is 6.03 Å². The van der Waals surface area contributed by atoms with E-state index in [4.69, 9.17) is 0 Å². The van der Waals surface area contributed by atoms with Gasteiger partial charge in [0.1, 0.15) is 0 Å². The average Bonchev–Trinajstić information content (AvgIpc) is 2.26. The molecule has 0 aliphatic carbocycles. The second-order valence-electron chi connectivity index (χ2n) is 3.51. The van der Waals surface area contributed by atoms with Gasteiger partial charge in [0.05, 0.1) is 0 Å². The zero-order valence-corrected chi connectivity index (χ0v) is 8.45. The highest BCUT2D eigenvalue weighted by Gasteiger charge is 2.19. The number of piperidine rings is 1. The quantitative estimate of drug-likeness (QED) is 0.618. The van der Waals surface area contributed by atoms with Crippen LogP contribution >= 0.6 is 0 Å². The number of imide groups is 1. The molecule has 1 rings (SSSR count). The van der Waals surface area contributed by atoms with Gasteiger partial charge in [0.25, 0.3) is 0 Å². The van der Waals surface area contributed by atoms with Crippen LogP contribution in [0.25, 0.3) is 0 Å². The number of amides is 3. The summed E-state index contributed by atoms with van der Waals surface area (Å²) < 4.78 is 0. The largest absolute Gasteiger partial charge is 0.341 e. The van der Waals surface area contributed by atoms with Gasteiger partial charge in [0, 0.05) is 13.6 Å². The Morgan fingerprint density at radius 1 is 1.57 bits per heavy atom. The van der Waals surface area contributed by atoms with Gasteiger partial charge in [-0.3, -0.25) is 9.69 Å². The average molecular weight is 199 g/mol. The number of hydrogen-bond acceptors (Lipinski definition) is 3. The molecule has 0 spiro atoms. The highest BCUT2D eigenvalue weighted by atomic mass is 16.2. The van der Waals surface area contributed by atoms with E-state index in [1.165, 1.54) is 11.9 Å². The van der Waals surface area contributed by atoms with Gasteiger partial charge in [-0.15, -0.1) is 0 Å². The minimum absolute atomic E-state index is 0.321. The molecule has 1 aliphatic rings. The van der Waals surface area contributed by atoms with Crippen LogP contribution in [0, 0.1) is 5.92 Å². The van der Waals surface area contributed by atoms with Gasteiger partial charge in [0.2, 0.25) is 6.41 Å². The summed E-state index contributed by atoms with van der Waals surface area (Å²) in [4.78, 5) is 23.0. The van der Waals surface area contributed by atoms with Crippen molar-refractivity contribution in [3.63, 3.8) is 0 Å². The molecular weight excluding hydrogens is 182 g/mol. The Labute approximate surface area is 83.8 Å². The zero-order chi connectivity index (χ0) is 10.4. The lowest BCUT2D eigenvalue weighted by molar-refractivity contribution is -0.116. The third kappa shape index (κ3) is 2.99. The first-order valence-corrected chi connectivity index (χ1v) is 4.92. The number of rotatable bonds is 3. The zero-order valence-electron chi connectivity index (χ0n) is 8.45. The van der Waals surface area contributed by atoms with Crippen molar-refractivity contribution in [2.24, 2.45) is 5.92 Å². The summed E-state index contributed by atoms with van der Waals surface area (Å²) in [5, 5.41) is 5.69. The van der Waals surface area contributed by atoms with Crippen LogP contribution in [0.2, 0.25) is 0 Å². The fraction of sp³-hybridized carbons (Fsp3) is 0.778. The van der Waals surface area contributed by atoms with E-state index in [-0.39, 0.29) is 6.03 Å². The lowest BCUT2D eigenvalue weighted by atomic mass is 9.98. The second kappa shape index (κ2) is 5.59. The van der Waals surface area contributed by atoms with Crippen LogP contribution in [0.1, 0.15) is 12.8 Å². The Hall–Kier alpha value is -1.10. The summed E-state index contributed by atoms with van der Waals surface area (Å²) in [5.74, 6) is 0.443. The molecular formula is C9H17N3O2. The highest BCUT2D eigenvalue weighted by Crippen LogP contribution is 2.12. The van der Waals surface area contributed by atoms with E-state index < -0.39 is 0 Å². The van der Waals surface area contributed by atoms with Crippen molar-refractivity contribution in [3.05, 3.63) is 0 Å². The topological polar surface area (TPSA) is 61.4 Å². The molecule has 2 N–H and O–H groups in total. The molecule has 1 fully saturated rings. The third-order valence-corrected chi connectivity index (χ3v) is 2.52. The monoisotopic (exact) mass is 199 g/mol. The molecule has 3 amide bonds. The maximum absolute atomic E-state index is 11.2. The third-order valence-electron chi connectivity index (χ3n) is 2.52. The Balaban J connectivity index is 2.38. The second-order valence-corrected chi connectivity index (χ2v) is 3.51. The standard InChI is InChI=1S/C9H17N3O2/c1-10-9(14)12(7-13)6-8-2-4-11-5-3-8/h7-8,11H,2-6H2,1H3,(H,10,14). The first kappa shape index (κ1) is 11.0. The highest BCUT2D eigenvalue weighted by molar-refractivity contribution is 5.84. The van der Waals surface area contributed by atoms with Crippen LogP contribution in [0.5, 0.6) is 0 Å². The molecule has 0 unspecified atom stereocenters. The summed E-state index contributed by atoms with van der Waals surface area (Å²) >= 11 is 0. The first-order chi connectivity index (χ1) is 6.77. The van der Waals surface area contributed by atoms with Gasteiger partial charge in [-0.05, 0) is 31.8 Å². The molecule has 5 nitrogen and oxygen atoms in total. The summed E-state index contributed by atoms with van der Waals surface area (Å²) in [6.45, 7) is 2.49. The lowest BCUT2D eigenvalue weighted by Crippen LogP contribution is -2.42. The van der Waals surface area contributed by atoms with E-state index in [2.05, 4.69) is 10.6 Å². The number of nitrogens with one attached hydrogen (secondary N) is 2. The Bertz CT molecular complexity index is 202. The fourth-order valence-corrected chi connectivity index (χ4v) is 1.66. The molecule has 0 saturated carbocycles. The van der Waals surface area contributed by atoms with Crippen molar-refractivity contribution < 1.29 is 9.59 Å². The summed E-state index contributed by atoms with van der Waals surface area (Å²) in [5.41, 5.74) is 0. The molecule has 14 heavy (non-hydrogen) atoms. The maximum Gasteiger partial charge on any atom is 0.323 e. The van der Waals surface area contributed by atoms with Crippen LogP contribution in [-0.4, -0.2) is 44.0 Å². The molecule has 1 saturated heterocycles. The predicted molar refractivity (Wildman–Crippen MR) is 52.8 cm³/mol. The first-order valence-electron chi connectivity index (χ1n) is 4.92. The van der Waals surface area contributed by atoms with Crippen LogP contribution in [0.4, 0.5) is 4.79 Å². The number of carbonyl (C=O) groups excluding carboxylic acids is 2. The number of nitrogens with zero attached hydrogens (tertiary/aromatic N) is 1. The summed E-state index contributed by atoms with van der Waals surface area (Å²) in [6.07, 6.45) is 2.66. The van der Waals surface area contributed by atoms with Crippen molar-refractivity contribution in [3.8, 4) is 0 Å².